The van der Waals surface area contributed by atoms with E-state index in [9.17, 15) is 9.59 Å². The first-order valence-corrected chi connectivity index (χ1v) is 6.89. The second kappa shape index (κ2) is 7.35. The monoisotopic (exact) mass is 345 g/mol. The first-order valence-electron chi connectivity index (χ1n) is 6.10. The summed E-state index contributed by atoms with van der Waals surface area (Å²) in [4.78, 5) is 23.2. The lowest BCUT2D eigenvalue weighted by molar-refractivity contribution is -0.136. The molecule has 6 heteroatoms. The number of carbonyl (C=O) groups is 2. The van der Waals surface area contributed by atoms with Crippen molar-refractivity contribution in [2.24, 2.45) is 5.10 Å². The van der Waals surface area contributed by atoms with E-state index >= 15 is 0 Å². The third-order valence-electron chi connectivity index (χ3n) is 2.49. The number of benzene rings is 2. The number of rotatable bonds is 3. The van der Waals surface area contributed by atoms with Crippen LogP contribution in [-0.2, 0) is 9.59 Å². The second-order valence-corrected chi connectivity index (χ2v) is 4.99. The molecule has 106 valence electrons. The molecular formula is C15H12BrN3O2. The van der Waals surface area contributed by atoms with Gasteiger partial charge in [-0.3, -0.25) is 9.59 Å². The summed E-state index contributed by atoms with van der Waals surface area (Å²) in [6.07, 6.45) is 1.46. The normalized spacial score (nSPS) is 10.3. The first kappa shape index (κ1) is 14.9. The van der Waals surface area contributed by atoms with Crippen LogP contribution in [0.2, 0.25) is 0 Å². The topological polar surface area (TPSA) is 70.6 Å². The molecule has 0 aliphatic carbocycles. The molecule has 0 saturated carbocycles. The molecule has 2 N–H and O–H groups in total. The number of halogens is 1. The fourth-order valence-electron chi connectivity index (χ4n) is 1.48. The molecule has 0 fully saturated rings. The number of hydrazone groups is 1. The van der Waals surface area contributed by atoms with Crippen molar-refractivity contribution in [1.29, 1.82) is 0 Å². The van der Waals surface area contributed by atoms with Crippen LogP contribution < -0.4 is 10.7 Å². The highest BCUT2D eigenvalue weighted by atomic mass is 79.9. The first-order chi connectivity index (χ1) is 10.1. The SMILES string of the molecule is O=C(NN=Cc1ccccc1)C(=O)Nc1ccc(Br)cc1. The number of nitrogens with zero attached hydrogens (tertiary/aromatic N) is 1. The molecule has 0 spiro atoms. The average molecular weight is 346 g/mol. The lowest BCUT2D eigenvalue weighted by atomic mass is 10.2. The zero-order valence-corrected chi connectivity index (χ0v) is 12.5. The predicted molar refractivity (Wildman–Crippen MR) is 85.0 cm³/mol. The second-order valence-electron chi connectivity index (χ2n) is 4.07. The molecule has 2 aromatic rings. The van der Waals surface area contributed by atoms with E-state index in [0.29, 0.717) is 5.69 Å². The highest BCUT2D eigenvalue weighted by Crippen LogP contribution is 2.13. The molecule has 2 amide bonds. The Morgan fingerprint density at radius 2 is 1.62 bits per heavy atom. The maximum Gasteiger partial charge on any atom is 0.329 e. The molecule has 2 aromatic carbocycles. The molecule has 0 unspecified atom stereocenters. The van der Waals surface area contributed by atoms with Crippen molar-refractivity contribution < 1.29 is 9.59 Å². The number of nitrogens with one attached hydrogen (secondary N) is 2. The van der Waals surface area contributed by atoms with Gasteiger partial charge in [0.25, 0.3) is 0 Å². The minimum absolute atomic E-state index is 0.533. The van der Waals surface area contributed by atoms with E-state index in [1.165, 1.54) is 6.21 Å². The van der Waals surface area contributed by atoms with Crippen molar-refractivity contribution in [3.63, 3.8) is 0 Å². The summed E-state index contributed by atoms with van der Waals surface area (Å²) in [6, 6.07) is 16.1. The molecular weight excluding hydrogens is 334 g/mol. The van der Waals surface area contributed by atoms with Crippen LogP contribution >= 0.6 is 15.9 Å². The van der Waals surface area contributed by atoms with E-state index in [-0.39, 0.29) is 0 Å². The quantitative estimate of drug-likeness (QED) is 0.509. The number of amides is 2. The molecule has 21 heavy (non-hydrogen) atoms. The molecule has 0 aliphatic heterocycles. The summed E-state index contributed by atoms with van der Waals surface area (Å²) >= 11 is 3.29. The highest BCUT2D eigenvalue weighted by Gasteiger charge is 2.12. The standard InChI is InChI=1S/C15H12BrN3O2/c16-12-6-8-13(9-7-12)18-14(20)15(21)19-17-10-11-4-2-1-3-5-11/h1-10H,(H,18,20)(H,19,21). The molecule has 0 radical (unpaired) electrons. The van der Waals surface area contributed by atoms with Crippen molar-refractivity contribution in [1.82, 2.24) is 5.43 Å². The van der Waals surface area contributed by atoms with Crippen LogP contribution in [0.5, 0.6) is 0 Å². The minimum atomic E-state index is -0.829. The van der Waals surface area contributed by atoms with Crippen LogP contribution in [0, 0.1) is 0 Å². The number of anilines is 1. The van der Waals surface area contributed by atoms with Gasteiger partial charge in [0.2, 0.25) is 0 Å². The predicted octanol–water partition coefficient (Wildman–Crippen LogP) is 2.54. The van der Waals surface area contributed by atoms with Gasteiger partial charge in [-0.2, -0.15) is 5.10 Å². The average Bonchev–Trinajstić information content (AvgIpc) is 2.50. The summed E-state index contributed by atoms with van der Waals surface area (Å²) in [6.45, 7) is 0. The molecule has 0 aliphatic rings. The zero-order valence-electron chi connectivity index (χ0n) is 10.9. The van der Waals surface area contributed by atoms with E-state index in [4.69, 9.17) is 0 Å². The lowest BCUT2D eigenvalue weighted by Gasteiger charge is -2.03. The number of hydrogen-bond acceptors (Lipinski definition) is 3. The maximum absolute atomic E-state index is 11.6. The molecule has 0 bridgehead atoms. The number of carbonyl (C=O) groups excluding carboxylic acids is 2. The van der Waals surface area contributed by atoms with Gasteiger partial charge >= 0.3 is 11.8 Å². The van der Waals surface area contributed by atoms with E-state index in [0.717, 1.165) is 10.0 Å². The Hall–Kier alpha value is -2.47. The van der Waals surface area contributed by atoms with E-state index in [1.54, 1.807) is 24.3 Å². The van der Waals surface area contributed by atoms with Crippen LogP contribution in [0.1, 0.15) is 5.56 Å². The van der Waals surface area contributed by atoms with Crippen molar-refractivity contribution in [2.45, 2.75) is 0 Å². The van der Waals surface area contributed by atoms with Gasteiger partial charge in [0, 0.05) is 10.2 Å². The fourth-order valence-corrected chi connectivity index (χ4v) is 1.74. The van der Waals surface area contributed by atoms with Crippen LogP contribution in [0.3, 0.4) is 0 Å². The largest absolute Gasteiger partial charge is 0.329 e. The van der Waals surface area contributed by atoms with E-state index in [2.05, 4.69) is 31.8 Å². The molecule has 5 nitrogen and oxygen atoms in total. The van der Waals surface area contributed by atoms with Gasteiger partial charge < -0.3 is 5.32 Å². The molecule has 2 rings (SSSR count). The molecule has 0 heterocycles. The van der Waals surface area contributed by atoms with Crippen LogP contribution in [0.25, 0.3) is 0 Å². The van der Waals surface area contributed by atoms with Gasteiger partial charge in [0.1, 0.15) is 0 Å². The number of hydrogen-bond donors (Lipinski definition) is 2. The van der Waals surface area contributed by atoms with Gasteiger partial charge in [-0.05, 0) is 29.8 Å². The smallest absolute Gasteiger partial charge is 0.318 e. The van der Waals surface area contributed by atoms with Crippen molar-refractivity contribution in [3.05, 3.63) is 64.6 Å². The van der Waals surface area contributed by atoms with Crippen molar-refractivity contribution in [3.8, 4) is 0 Å². The van der Waals surface area contributed by atoms with E-state index in [1.807, 2.05) is 30.3 Å². The Morgan fingerprint density at radius 1 is 0.952 bits per heavy atom. The van der Waals surface area contributed by atoms with Gasteiger partial charge in [0.05, 0.1) is 6.21 Å². The Labute approximate surface area is 130 Å². The van der Waals surface area contributed by atoms with Crippen LogP contribution in [0.4, 0.5) is 5.69 Å². The van der Waals surface area contributed by atoms with Crippen molar-refractivity contribution in [2.75, 3.05) is 5.32 Å². The maximum atomic E-state index is 11.6. The fraction of sp³-hybridized carbons (Fsp3) is 0. The van der Waals surface area contributed by atoms with Crippen molar-refractivity contribution >= 4 is 39.6 Å². The van der Waals surface area contributed by atoms with Gasteiger partial charge in [0.15, 0.2) is 0 Å². The third-order valence-corrected chi connectivity index (χ3v) is 3.02. The third kappa shape index (κ3) is 4.85. The minimum Gasteiger partial charge on any atom is -0.318 e. The molecule has 0 aromatic heterocycles. The van der Waals surface area contributed by atoms with E-state index < -0.39 is 11.8 Å². The summed E-state index contributed by atoms with van der Waals surface area (Å²) < 4.78 is 0.886. The Morgan fingerprint density at radius 3 is 2.29 bits per heavy atom. The summed E-state index contributed by atoms with van der Waals surface area (Å²) in [7, 11) is 0. The zero-order chi connectivity index (χ0) is 15.1. The van der Waals surface area contributed by atoms with Gasteiger partial charge in [-0.15, -0.1) is 0 Å². The van der Waals surface area contributed by atoms with Gasteiger partial charge in [-0.1, -0.05) is 46.3 Å². The molecule has 0 saturated heterocycles. The lowest BCUT2D eigenvalue weighted by Crippen LogP contribution is -2.32. The molecule has 0 atom stereocenters. The Bertz CT molecular complexity index is 654. The van der Waals surface area contributed by atoms with Gasteiger partial charge in [-0.25, -0.2) is 5.43 Å². The van der Waals surface area contributed by atoms with Crippen LogP contribution in [0.15, 0.2) is 64.2 Å². The summed E-state index contributed by atoms with van der Waals surface area (Å²) in [5, 5.41) is 6.20. The Balaban J connectivity index is 1.87. The Kier molecular flexibility index (Phi) is 5.22. The summed E-state index contributed by atoms with van der Waals surface area (Å²) in [5.41, 5.74) is 3.53. The highest BCUT2D eigenvalue weighted by molar-refractivity contribution is 9.10. The van der Waals surface area contributed by atoms with Crippen LogP contribution in [-0.4, -0.2) is 18.0 Å². The summed E-state index contributed by atoms with van der Waals surface area (Å²) in [5.74, 6) is -1.60.